The van der Waals surface area contributed by atoms with Gasteiger partial charge in [0.1, 0.15) is 12.3 Å². The van der Waals surface area contributed by atoms with Gasteiger partial charge in [-0.25, -0.2) is 14.4 Å². The lowest BCUT2D eigenvalue weighted by atomic mass is 9.86. The lowest BCUT2D eigenvalue weighted by molar-refractivity contribution is -0.160. The van der Waals surface area contributed by atoms with Crippen molar-refractivity contribution in [2.75, 3.05) is 13.2 Å². The molecule has 2 aromatic rings. The van der Waals surface area contributed by atoms with E-state index in [4.69, 9.17) is 9.47 Å². The van der Waals surface area contributed by atoms with Gasteiger partial charge in [0.2, 0.25) is 5.95 Å². The average molecular weight is 597 g/mol. The molecule has 0 amide bonds. The minimum Gasteiger partial charge on any atom is -0.489 e. The van der Waals surface area contributed by atoms with E-state index < -0.39 is 42.3 Å². The molecule has 2 aliphatic rings. The Morgan fingerprint density at radius 3 is 2.36 bits per heavy atom. The van der Waals surface area contributed by atoms with Crippen molar-refractivity contribution in [3.63, 3.8) is 0 Å². The Morgan fingerprint density at radius 2 is 1.64 bits per heavy atom. The van der Waals surface area contributed by atoms with Crippen LogP contribution in [0.5, 0.6) is 5.75 Å². The molecule has 1 fully saturated rings. The van der Waals surface area contributed by atoms with Gasteiger partial charge in [0, 0.05) is 0 Å². The van der Waals surface area contributed by atoms with E-state index in [1.807, 2.05) is 0 Å². The zero-order valence-corrected chi connectivity index (χ0v) is 25.0. The van der Waals surface area contributed by atoms with E-state index in [1.54, 1.807) is 0 Å². The summed E-state index contributed by atoms with van der Waals surface area (Å²) in [5.74, 6) is -4.16. The molecule has 0 spiro atoms. The summed E-state index contributed by atoms with van der Waals surface area (Å²) >= 11 is 0. The third-order valence-electron chi connectivity index (χ3n) is 8.69. The van der Waals surface area contributed by atoms with E-state index in [9.17, 15) is 8.78 Å². The highest BCUT2D eigenvalue weighted by Gasteiger charge is 2.49. The number of rotatable bonds is 18. The zero-order chi connectivity index (χ0) is 30.1. The maximum absolute atomic E-state index is 15.2. The van der Waals surface area contributed by atoms with E-state index in [2.05, 4.69) is 23.8 Å². The predicted molar refractivity (Wildman–Crippen MR) is 153 cm³/mol. The number of hydrogen-bond donors (Lipinski definition) is 0. The topological polar surface area (TPSA) is 44.2 Å². The highest BCUT2D eigenvalue weighted by atomic mass is 19.3. The molecule has 0 radical (unpaired) electrons. The first-order chi connectivity index (χ1) is 20.2. The molecule has 0 N–H and O–H groups in total. The van der Waals surface area contributed by atoms with Gasteiger partial charge in [0.05, 0.1) is 30.2 Å². The molecule has 42 heavy (non-hydrogen) atoms. The van der Waals surface area contributed by atoms with Gasteiger partial charge in [0.25, 0.3) is 5.95 Å². The van der Waals surface area contributed by atoms with Crippen LogP contribution in [-0.2, 0) is 17.1 Å². The summed E-state index contributed by atoms with van der Waals surface area (Å²) in [6.07, 6.45) is 8.98. The minimum absolute atomic E-state index is 0.00958. The average Bonchev–Trinajstić information content (AvgIpc) is 3.80. The number of alkyl halides is 3. The molecule has 0 saturated heterocycles. The van der Waals surface area contributed by atoms with Gasteiger partial charge in [-0.2, -0.15) is 17.6 Å². The fourth-order valence-corrected chi connectivity index (χ4v) is 6.04. The maximum Gasteiger partial charge on any atom is 0.303 e. The molecule has 3 unspecified atom stereocenters. The van der Waals surface area contributed by atoms with Gasteiger partial charge in [-0.3, -0.25) is 0 Å². The standard InChI is InChI=1S/C33H45F5N2O2/c1-3-5-6-9-12-25(34)21-42-29-18-15-24-20-27(40-32(36)30(24)33(29,37)38)26-16-17-28(31(35)39-26)41-19-10-7-8-11-22(4-2)23-13-14-23/h16-17,20,22-23,25,29H,3-15,18-19,21H2,1-2H3. The van der Waals surface area contributed by atoms with Crippen molar-refractivity contribution in [3.8, 4) is 17.1 Å². The van der Waals surface area contributed by atoms with Gasteiger partial charge >= 0.3 is 5.92 Å². The minimum atomic E-state index is -3.67. The fraction of sp³-hybridized carbons (Fsp3) is 0.697. The van der Waals surface area contributed by atoms with E-state index >= 15 is 13.2 Å². The van der Waals surface area contributed by atoms with Crippen LogP contribution in [0.15, 0.2) is 18.2 Å². The Labute approximate surface area is 246 Å². The summed E-state index contributed by atoms with van der Waals surface area (Å²) in [5, 5.41) is 0. The number of aryl methyl sites for hydroxylation is 1. The molecular weight excluding hydrogens is 551 g/mol. The second kappa shape index (κ2) is 15.4. The first-order valence-corrected chi connectivity index (χ1v) is 15.9. The highest BCUT2D eigenvalue weighted by Crippen LogP contribution is 2.44. The summed E-state index contributed by atoms with van der Waals surface area (Å²) in [5.41, 5.74) is -0.793. The summed E-state index contributed by atoms with van der Waals surface area (Å²) < 4.78 is 85.3. The van der Waals surface area contributed by atoms with E-state index in [0.717, 1.165) is 50.4 Å². The van der Waals surface area contributed by atoms with Crippen molar-refractivity contribution in [2.24, 2.45) is 11.8 Å². The second-order valence-electron chi connectivity index (χ2n) is 12.0. The molecular formula is C33H45F5N2O2. The van der Waals surface area contributed by atoms with Gasteiger partial charge in [0.15, 0.2) is 5.75 Å². The van der Waals surface area contributed by atoms with Crippen LogP contribution in [0.3, 0.4) is 0 Å². The molecule has 2 aliphatic carbocycles. The van der Waals surface area contributed by atoms with Crippen LogP contribution in [0.4, 0.5) is 22.0 Å². The molecule has 0 aromatic carbocycles. The smallest absolute Gasteiger partial charge is 0.303 e. The van der Waals surface area contributed by atoms with Crippen molar-refractivity contribution in [3.05, 3.63) is 41.2 Å². The van der Waals surface area contributed by atoms with E-state index in [0.29, 0.717) is 13.0 Å². The van der Waals surface area contributed by atoms with Gasteiger partial charge in [-0.15, -0.1) is 0 Å². The first kappa shape index (κ1) is 32.6. The Kier molecular flexibility index (Phi) is 12.0. The Hall–Kier alpha value is -2.29. The maximum atomic E-state index is 15.2. The van der Waals surface area contributed by atoms with Crippen molar-refractivity contribution < 1.29 is 31.4 Å². The number of pyridine rings is 2. The number of hydrogen-bond acceptors (Lipinski definition) is 4. The molecule has 0 bridgehead atoms. The number of halogens is 5. The van der Waals surface area contributed by atoms with Crippen LogP contribution >= 0.6 is 0 Å². The van der Waals surface area contributed by atoms with Crippen molar-refractivity contribution in [1.82, 2.24) is 9.97 Å². The van der Waals surface area contributed by atoms with Crippen LogP contribution in [0, 0.1) is 23.7 Å². The third kappa shape index (κ3) is 8.64. The van der Waals surface area contributed by atoms with Gasteiger partial charge in [-0.05, 0) is 74.1 Å². The lowest BCUT2D eigenvalue weighted by Gasteiger charge is -2.33. The molecule has 234 valence electrons. The first-order valence-electron chi connectivity index (χ1n) is 15.9. The summed E-state index contributed by atoms with van der Waals surface area (Å²) in [7, 11) is 0. The molecule has 0 aliphatic heterocycles. The second-order valence-corrected chi connectivity index (χ2v) is 12.0. The summed E-state index contributed by atoms with van der Waals surface area (Å²) in [4.78, 5) is 7.57. The SMILES string of the molecule is CCCCCCC(F)COC1CCc2cc(-c3ccc(OCCCCCC(CC)C4CC4)c(F)n3)nc(F)c2C1(F)F. The molecule has 4 rings (SSSR count). The number of ether oxygens (including phenoxy) is 2. The van der Waals surface area contributed by atoms with Crippen molar-refractivity contribution in [2.45, 2.75) is 122 Å². The Morgan fingerprint density at radius 1 is 0.905 bits per heavy atom. The molecule has 9 heteroatoms. The number of fused-ring (bicyclic) bond motifs is 1. The Bertz CT molecular complexity index is 1140. The monoisotopic (exact) mass is 596 g/mol. The van der Waals surface area contributed by atoms with Crippen molar-refractivity contribution >= 4 is 0 Å². The molecule has 4 nitrogen and oxygen atoms in total. The van der Waals surface area contributed by atoms with Crippen LogP contribution in [0.2, 0.25) is 0 Å². The largest absolute Gasteiger partial charge is 0.489 e. The van der Waals surface area contributed by atoms with Gasteiger partial charge in [-0.1, -0.05) is 65.2 Å². The summed E-state index contributed by atoms with van der Waals surface area (Å²) in [6.45, 7) is 4.22. The highest BCUT2D eigenvalue weighted by molar-refractivity contribution is 5.57. The summed E-state index contributed by atoms with van der Waals surface area (Å²) in [6, 6.07) is 4.18. The van der Waals surface area contributed by atoms with E-state index in [1.165, 1.54) is 43.9 Å². The van der Waals surface area contributed by atoms with Gasteiger partial charge < -0.3 is 9.47 Å². The van der Waals surface area contributed by atoms with Crippen LogP contribution < -0.4 is 4.74 Å². The molecule has 2 heterocycles. The predicted octanol–water partition coefficient (Wildman–Crippen LogP) is 9.53. The third-order valence-corrected chi connectivity index (χ3v) is 8.69. The fourth-order valence-electron chi connectivity index (χ4n) is 6.04. The van der Waals surface area contributed by atoms with E-state index in [-0.39, 0.29) is 42.0 Å². The molecule has 2 aromatic heterocycles. The Balaban J connectivity index is 1.31. The van der Waals surface area contributed by atoms with Crippen LogP contribution in [0.1, 0.15) is 108 Å². The quantitative estimate of drug-likeness (QED) is 0.0977. The van der Waals surface area contributed by atoms with Crippen LogP contribution in [0.25, 0.3) is 11.4 Å². The molecule has 3 atom stereocenters. The normalized spacial score (nSPS) is 19.4. The zero-order valence-electron chi connectivity index (χ0n) is 25.0. The van der Waals surface area contributed by atoms with Crippen molar-refractivity contribution in [1.29, 1.82) is 0 Å². The molecule has 1 saturated carbocycles. The number of aromatic nitrogens is 2. The lowest BCUT2D eigenvalue weighted by Crippen LogP contribution is -2.40. The number of unbranched alkanes of at least 4 members (excludes halogenated alkanes) is 5. The van der Waals surface area contributed by atoms with Crippen LogP contribution in [-0.4, -0.2) is 35.5 Å². The number of nitrogens with zero attached hydrogens (tertiary/aromatic N) is 2.